The second-order valence-electron chi connectivity index (χ2n) is 7.31. The molecule has 8 heteroatoms. The van der Waals surface area contributed by atoms with E-state index < -0.39 is 10.0 Å². The molecule has 3 heterocycles. The van der Waals surface area contributed by atoms with Crippen molar-refractivity contribution in [3.63, 3.8) is 0 Å². The van der Waals surface area contributed by atoms with E-state index in [0.29, 0.717) is 50.6 Å². The first kappa shape index (κ1) is 17.8. The van der Waals surface area contributed by atoms with Gasteiger partial charge < -0.3 is 15.0 Å². The van der Waals surface area contributed by atoms with Crippen LogP contribution in [0.1, 0.15) is 25.7 Å². The van der Waals surface area contributed by atoms with Crippen LogP contribution in [0.4, 0.5) is 4.79 Å². The molecule has 3 fully saturated rings. The molecule has 0 radical (unpaired) electrons. The topological polar surface area (TPSA) is 79.0 Å². The van der Waals surface area contributed by atoms with Gasteiger partial charge >= 0.3 is 6.03 Å². The molecule has 0 unspecified atom stereocenters. The zero-order valence-corrected chi connectivity index (χ0v) is 15.6. The second-order valence-corrected chi connectivity index (χ2v) is 9.25. The molecule has 0 aliphatic carbocycles. The van der Waals surface area contributed by atoms with Gasteiger partial charge in [0.25, 0.3) is 0 Å². The Labute approximate surface area is 154 Å². The molecule has 0 saturated carbocycles. The average Bonchev–Trinajstić information content (AvgIpc) is 2.99. The molecule has 7 nitrogen and oxygen atoms in total. The van der Waals surface area contributed by atoms with Crippen LogP contribution in [-0.4, -0.2) is 68.1 Å². The molecule has 1 spiro atoms. The summed E-state index contributed by atoms with van der Waals surface area (Å²) in [7, 11) is -3.46. The second kappa shape index (κ2) is 6.83. The minimum absolute atomic E-state index is 0.0173. The van der Waals surface area contributed by atoms with Crippen LogP contribution in [-0.2, 0) is 14.8 Å². The van der Waals surface area contributed by atoms with Crippen molar-refractivity contribution in [2.45, 2.75) is 42.2 Å². The van der Waals surface area contributed by atoms with E-state index >= 15 is 0 Å². The standard InChI is InChI=1S/C18H25N3O4S/c22-17-19-14-18(8-12-25-13-9-18)21(17)15-6-10-20(11-7-15)26(23,24)16-4-2-1-3-5-16/h1-5,15H,6-14H2,(H,19,22). The van der Waals surface area contributed by atoms with E-state index in [-0.39, 0.29) is 17.6 Å². The summed E-state index contributed by atoms with van der Waals surface area (Å²) < 4.78 is 32.6. The molecule has 2 amide bonds. The van der Waals surface area contributed by atoms with Crippen LogP contribution in [0.3, 0.4) is 0 Å². The fraction of sp³-hybridized carbons (Fsp3) is 0.611. The lowest BCUT2D eigenvalue weighted by Gasteiger charge is -2.46. The van der Waals surface area contributed by atoms with E-state index in [1.807, 2.05) is 11.0 Å². The lowest BCUT2D eigenvalue weighted by Crippen LogP contribution is -2.57. The summed E-state index contributed by atoms with van der Waals surface area (Å²) in [5, 5.41) is 2.99. The van der Waals surface area contributed by atoms with Gasteiger partial charge in [0.2, 0.25) is 10.0 Å². The van der Waals surface area contributed by atoms with Gasteiger partial charge in [0, 0.05) is 38.9 Å². The molecule has 3 aliphatic heterocycles. The van der Waals surface area contributed by atoms with Crippen LogP contribution in [0.5, 0.6) is 0 Å². The van der Waals surface area contributed by atoms with Crippen molar-refractivity contribution in [1.29, 1.82) is 0 Å². The molecule has 3 aliphatic rings. The van der Waals surface area contributed by atoms with Crippen molar-refractivity contribution in [1.82, 2.24) is 14.5 Å². The Kier molecular flexibility index (Phi) is 4.66. The van der Waals surface area contributed by atoms with Gasteiger partial charge in [0.15, 0.2) is 0 Å². The fourth-order valence-corrected chi connectivity index (χ4v) is 5.92. The van der Waals surface area contributed by atoms with E-state index in [0.717, 1.165) is 12.8 Å². The zero-order chi connectivity index (χ0) is 18.2. The highest BCUT2D eigenvalue weighted by molar-refractivity contribution is 7.89. The third-order valence-electron chi connectivity index (χ3n) is 5.89. The van der Waals surface area contributed by atoms with E-state index in [1.165, 1.54) is 0 Å². The van der Waals surface area contributed by atoms with Crippen LogP contribution in [0.2, 0.25) is 0 Å². The third kappa shape index (κ3) is 3.00. The van der Waals surface area contributed by atoms with Crippen molar-refractivity contribution in [3.05, 3.63) is 30.3 Å². The summed E-state index contributed by atoms with van der Waals surface area (Å²) in [5.41, 5.74) is -0.166. The number of ether oxygens (including phenoxy) is 1. The summed E-state index contributed by atoms with van der Waals surface area (Å²) >= 11 is 0. The minimum Gasteiger partial charge on any atom is -0.381 e. The van der Waals surface area contributed by atoms with Gasteiger partial charge in [0.1, 0.15) is 0 Å². The summed E-state index contributed by atoms with van der Waals surface area (Å²) in [4.78, 5) is 14.8. The number of sulfonamides is 1. The first-order valence-corrected chi connectivity index (χ1v) is 10.7. The number of urea groups is 1. The summed E-state index contributed by atoms with van der Waals surface area (Å²) in [6, 6.07) is 8.62. The minimum atomic E-state index is -3.46. The predicted octanol–water partition coefficient (Wildman–Crippen LogP) is 1.41. The monoisotopic (exact) mass is 379 g/mol. The van der Waals surface area contributed by atoms with Gasteiger partial charge in [-0.2, -0.15) is 4.31 Å². The van der Waals surface area contributed by atoms with Gasteiger partial charge in [-0.15, -0.1) is 0 Å². The van der Waals surface area contributed by atoms with E-state index in [1.54, 1.807) is 28.6 Å². The molecule has 0 aromatic heterocycles. The average molecular weight is 379 g/mol. The van der Waals surface area contributed by atoms with Gasteiger partial charge in [0.05, 0.1) is 10.4 Å². The Morgan fingerprint density at radius 3 is 2.38 bits per heavy atom. The first-order valence-electron chi connectivity index (χ1n) is 9.23. The van der Waals surface area contributed by atoms with Crippen molar-refractivity contribution >= 4 is 16.1 Å². The van der Waals surface area contributed by atoms with Gasteiger partial charge in [-0.1, -0.05) is 18.2 Å². The van der Waals surface area contributed by atoms with Crippen LogP contribution in [0.25, 0.3) is 0 Å². The molecule has 0 bridgehead atoms. The molecule has 0 atom stereocenters. The highest BCUT2D eigenvalue weighted by Crippen LogP contribution is 2.36. The smallest absolute Gasteiger partial charge is 0.318 e. The maximum atomic E-state index is 12.8. The fourth-order valence-electron chi connectivity index (χ4n) is 4.43. The number of rotatable bonds is 3. The van der Waals surface area contributed by atoms with Gasteiger partial charge in [-0.05, 0) is 37.8 Å². The largest absolute Gasteiger partial charge is 0.381 e. The molecule has 142 valence electrons. The molecular weight excluding hydrogens is 354 g/mol. The zero-order valence-electron chi connectivity index (χ0n) is 14.8. The highest BCUT2D eigenvalue weighted by atomic mass is 32.2. The Morgan fingerprint density at radius 1 is 1.08 bits per heavy atom. The van der Waals surface area contributed by atoms with Gasteiger partial charge in [-0.3, -0.25) is 0 Å². The number of nitrogens with one attached hydrogen (secondary N) is 1. The Balaban J connectivity index is 1.47. The van der Waals surface area contributed by atoms with Crippen molar-refractivity contribution in [2.24, 2.45) is 0 Å². The number of carbonyl (C=O) groups excluding carboxylic acids is 1. The molecule has 1 aromatic rings. The lowest BCUT2D eigenvalue weighted by molar-refractivity contribution is -0.0121. The van der Waals surface area contributed by atoms with E-state index in [9.17, 15) is 13.2 Å². The number of carbonyl (C=O) groups is 1. The maximum Gasteiger partial charge on any atom is 0.318 e. The van der Waals surface area contributed by atoms with Crippen molar-refractivity contribution < 1.29 is 17.9 Å². The SMILES string of the molecule is O=C1NCC2(CCOCC2)N1C1CCN(S(=O)(=O)c2ccccc2)CC1. The summed E-state index contributed by atoms with van der Waals surface area (Å²) in [6.07, 6.45) is 3.02. The molecular formula is C18H25N3O4S. The van der Waals surface area contributed by atoms with E-state index in [2.05, 4.69) is 5.32 Å². The van der Waals surface area contributed by atoms with Crippen LogP contribution < -0.4 is 5.32 Å². The molecule has 26 heavy (non-hydrogen) atoms. The van der Waals surface area contributed by atoms with Crippen molar-refractivity contribution in [2.75, 3.05) is 32.8 Å². The first-order chi connectivity index (χ1) is 12.5. The number of hydrogen-bond acceptors (Lipinski definition) is 4. The summed E-state index contributed by atoms with van der Waals surface area (Å²) in [5.74, 6) is 0. The summed E-state index contributed by atoms with van der Waals surface area (Å²) in [6.45, 7) is 2.90. The number of hydrogen-bond donors (Lipinski definition) is 1. The van der Waals surface area contributed by atoms with Crippen LogP contribution in [0.15, 0.2) is 35.2 Å². The van der Waals surface area contributed by atoms with Gasteiger partial charge in [-0.25, -0.2) is 13.2 Å². The lowest BCUT2D eigenvalue weighted by atomic mass is 9.87. The Bertz CT molecular complexity index is 754. The highest BCUT2D eigenvalue weighted by Gasteiger charge is 2.49. The number of amides is 2. The normalized spacial score (nSPS) is 24.8. The van der Waals surface area contributed by atoms with Crippen molar-refractivity contribution in [3.8, 4) is 0 Å². The number of nitrogens with zero attached hydrogens (tertiary/aromatic N) is 2. The maximum absolute atomic E-state index is 12.8. The quantitative estimate of drug-likeness (QED) is 0.861. The van der Waals surface area contributed by atoms with Crippen LogP contribution >= 0.6 is 0 Å². The molecule has 1 N–H and O–H groups in total. The molecule has 4 rings (SSSR count). The van der Waals surface area contributed by atoms with E-state index in [4.69, 9.17) is 4.74 Å². The van der Waals surface area contributed by atoms with Crippen LogP contribution in [0, 0.1) is 0 Å². The predicted molar refractivity (Wildman–Crippen MR) is 96.2 cm³/mol. The number of benzene rings is 1. The molecule has 1 aromatic carbocycles. The Hall–Kier alpha value is -1.64. The third-order valence-corrected chi connectivity index (χ3v) is 7.80. The number of piperidine rings is 1. The Morgan fingerprint density at radius 2 is 1.73 bits per heavy atom. The molecule has 3 saturated heterocycles.